The van der Waals surface area contributed by atoms with Crippen LogP contribution in [0.25, 0.3) is 0 Å². The first-order valence-electron chi connectivity index (χ1n) is 5.76. The van der Waals surface area contributed by atoms with E-state index in [9.17, 15) is 0 Å². The summed E-state index contributed by atoms with van der Waals surface area (Å²) in [5.41, 5.74) is 5.83. The maximum atomic E-state index is 5.90. The van der Waals surface area contributed by atoms with Crippen molar-refractivity contribution in [2.24, 2.45) is 5.73 Å². The monoisotopic (exact) mass is 259 g/mol. The SMILES string of the molecule is CC1CCCC(CN)N1Cc1ncc(Cl)s1. The lowest BCUT2D eigenvalue weighted by Crippen LogP contribution is -2.48. The van der Waals surface area contributed by atoms with Crippen LogP contribution in [-0.4, -0.2) is 28.5 Å². The first-order chi connectivity index (χ1) is 7.70. The Morgan fingerprint density at radius 1 is 1.62 bits per heavy atom. The first-order valence-corrected chi connectivity index (χ1v) is 6.96. The molecule has 1 fully saturated rings. The number of nitrogens with two attached hydrogens (primary N) is 1. The van der Waals surface area contributed by atoms with Gasteiger partial charge in [0.1, 0.15) is 9.34 Å². The summed E-state index contributed by atoms with van der Waals surface area (Å²) in [6.45, 7) is 3.90. The zero-order valence-corrected chi connectivity index (χ0v) is 11.1. The summed E-state index contributed by atoms with van der Waals surface area (Å²) in [7, 11) is 0. The van der Waals surface area contributed by atoms with Crippen LogP contribution in [0.1, 0.15) is 31.2 Å². The first kappa shape index (κ1) is 12.3. The van der Waals surface area contributed by atoms with E-state index in [4.69, 9.17) is 17.3 Å². The molecule has 2 unspecified atom stereocenters. The van der Waals surface area contributed by atoms with Gasteiger partial charge in [0.25, 0.3) is 0 Å². The van der Waals surface area contributed by atoms with Crippen LogP contribution < -0.4 is 5.73 Å². The summed E-state index contributed by atoms with van der Waals surface area (Å²) in [4.78, 5) is 6.79. The molecule has 2 atom stereocenters. The van der Waals surface area contributed by atoms with Gasteiger partial charge < -0.3 is 5.73 Å². The maximum absolute atomic E-state index is 5.90. The highest BCUT2D eigenvalue weighted by Crippen LogP contribution is 2.26. The smallest absolute Gasteiger partial charge is 0.113 e. The number of aromatic nitrogens is 1. The van der Waals surface area contributed by atoms with Gasteiger partial charge in [0, 0.05) is 18.6 Å². The molecule has 0 amide bonds. The third-order valence-electron chi connectivity index (χ3n) is 3.31. The van der Waals surface area contributed by atoms with Gasteiger partial charge in [-0.1, -0.05) is 18.0 Å². The quantitative estimate of drug-likeness (QED) is 0.907. The van der Waals surface area contributed by atoms with E-state index in [0.29, 0.717) is 12.1 Å². The van der Waals surface area contributed by atoms with Crippen LogP contribution >= 0.6 is 22.9 Å². The lowest BCUT2D eigenvalue weighted by molar-refractivity contribution is 0.0891. The van der Waals surface area contributed by atoms with Crippen molar-refractivity contribution in [2.45, 2.75) is 44.8 Å². The summed E-state index contributed by atoms with van der Waals surface area (Å²) in [6.07, 6.45) is 5.49. The van der Waals surface area contributed by atoms with E-state index < -0.39 is 0 Å². The predicted octanol–water partition coefficient (Wildman–Crippen LogP) is 2.50. The van der Waals surface area contributed by atoms with E-state index in [2.05, 4.69) is 16.8 Å². The summed E-state index contributed by atoms with van der Waals surface area (Å²) in [6, 6.07) is 1.11. The minimum absolute atomic E-state index is 0.506. The molecule has 0 radical (unpaired) electrons. The van der Waals surface area contributed by atoms with Gasteiger partial charge in [0.15, 0.2) is 0 Å². The van der Waals surface area contributed by atoms with Crippen molar-refractivity contribution < 1.29 is 0 Å². The minimum atomic E-state index is 0.506. The molecule has 2 N–H and O–H groups in total. The molecule has 1 aromatic rings. The van der Waals surface area contributed by atoms with Crippen LogP contribution in [-0.2, 0) is 6.54 Å². The minimum Gasteiger partial charge on any atom is -0.329 e. The molecule has 0 aromatic carbocycles. The number of nitrogens with zero attached hydrogens (tertiary/aromatic N) is 2. The molecule has 1 aliphatic heterocycles. The van der Waals surface area contributed by atoms with Crippen LogP contribution in [0.2, 0.25) is 4.34 Å². The Balaban J connectivity index is 2.05. The molecule has 1 aliphatic rings. The zero-order chi connectivity index (χ0) is 11.5. The van der Waals surface area contributed by atoms with Crippen molar-refractivity contribution >= 4 is 22.9 Å². The number of likely N-dealkylation sites (tertiary alicyclic amines) is 1. The second-order valence-corrected chi connectivity index (χ2v) is 6.15. The Morgan fingerprint density at radius 3 is 3.06 bits per heavy atom. The lowest BCUT2D eigenvalue weighted by atomic mass is 9.96. The van der Waals surface area contributed by atoms with Crippen molar-refractivity contribution in [3.8, 4) is 0 Å². The molecule has 5 heteroatoms. The molecule has 1 aromatic heterocycles. The van der Waals surface area contributed by atoms with Crippen LogP contribution in [0.15, 0.2) is 6.20 Å². The molecule has 0 aliphatic carbocycles. The second kappa shape index (κ2) is 5.45. The third-order valence-corrected chi connectivity index (χ3v) is 4.41. The Bertz CT molecular complexity index is 342. The molecule has 2 rings (SSSR count). The highest BCUT2D eigenvalue weighted by atomic mass is 35.5. The normalized spacial score (nSPS) is 27.2. The number of hydrogen-bond donors (Lipinski definition) is 1. The molecular weight excluding hydrogens is 242 g/mol. The molecule has 90 valence electrons. The van der Waals surface area contributed by atoms with Crippen LogP contribution in [0.5, 0.6) is 0 Å². The highest BCUT2D eigenvalue weighted by molar-refractivity contribution is 7.15. The van der Waals surface area contributed by atoms with Crippen molar-refractivity contribution in [3.05, 3.63) is 15.5 Å². The van der Waals surface area contributed by atoms with Crippen molar-refractivity contribution in [3.63, 3.8) is 0 Å². The molecule has 16 heavy (non-hydrogen) atoms. The zero-order valence-electron chi connectivity index (χ0n) is 9.53. The van der Waals surface area contributed by atoms with Crippen molar-refractivity contribution in [1.82, 2.24) is 9.88 Å². The van der Waals surface area contributed by atoms with Gasteiger partial charge in [0.05, 0.1) is 12.7 Å². The summed E-state index contributed by atoms with van der Waals surface area (Å²) < 4.78 is 0.768. The number of hydrogen-bond acceptors (Lipinski definition) is 4. The average Bonchev–Trinajstić information content (AvgIpc) is 2.67. The molecule has 0 bridgehead atoms. The standard InChI is InChI=1S/C11H18ClN3S/c1-8-3-2-4-9(5-13)15(8)7-11-14-6-10(12)16-11/h6,8-9H,2-5,7,13H2,1H3. The van der Waals surface area contributed by atoms with Crippen LogP contribution in [0, 0.1) is 0 Å². The average molecular weight is 260 g/mol. The maximum Gasteiger partial charge on any atom is 0.113 e. The molecule has 2 heterocycles. The van der Waals surface area contributed by atoms with Gasteiger partial charge in [-0.15, -0.1) is 11.3 Å². The molecular formula is C11H18ClN3S. The molecule has 0 spiro atoms. The van der Waals surface area contributed by atoms with Gasteiger partial charge in [-0.05, 0) is 19.8 Å². The molecule has 1 saturated heterocycles. The van der Waals surface area contributed by atoms with Gasteiger partial charge >= 0.3 is 0 Å². The summed E-state index contributed by atoms with van der Waals surface area (Å²) >= 11 is 7.47. The Morgan fingerprint density at radius 2 is 2.44 bits per heavy atom. The Kier molecular flexibility index (Phi) is 4.19. The van der Waals surface area contributed by atoms with E-state index in [0.717, 1.165) is 22.4 Å². The van der Waals surface area contributed by atoms with E-state index >= 15 is 0 Å². The molecule has 0 saturated carbocycles. The third kappa shape index (κ3) is 2.74. The number of piperidine rings is 1. The number of thiazole rings is 1. The largest absolute Gasteiger partial charge is 0.329 e. The highest BCUT2D eigenvalue weighted by Gasteiger charge is 2.27. The second-order valence-electron chi connectivity index (χ2n) is 4.40. The summed E-state index contributed by atoms with van der Waals surface area (Å²) in [5.74, 6) is 0. The Labute approximate surface area is 106 Å². The fraction of sp³-hybridized carbons (Fsp3) is 0.727. The molecule has 3 nitrogen and oxygen atoms in total. The number of rotatable bonds is 3. The van der Waals surface area contributed by atoms with Gasteiger partial charge in [0.2, 0.25) is 0 Å². The van der Waals surface area contributed by atoms with Crippen LogP contribution in [0.4, 0.5) is 0 Å². The predicted molar refractivity (Wildman–Crippen MR) is 68.8 cm³/mol. The van der Waals surface area contributed by atoms with E-state index in [1.807, 2.05) is 0 Å². The van der Waals surface area contributed by atoms with E-state index in [-0.39, 0.29) is 0 Å². The van der Waals surface area contributed by atoms with E-state index in [1.54, 1.807) is 17.5 Å². The van der Waals surface area contributed by atoms with Crippen molar-refractivity contribution in [1.29, 1.82) is 0 Å². The fourth-order valence-electron chi connectivity index (χ4n) is 2.40. The topological polar surface area (TPSA) is 42.1 Å². The van der Waals surface area contributed by atoms with Gasteiger partial charge in [-0.25, -0.2) is 4.98 Å². The Hall–Kier alpha value is -0.160. The van der Waals surface area contributed by atoms with E-state index in [1.165, 1.54) is 19.3 Å². The van der Waals surface area contributed by atoms with Crippen LogP contribution in [0.3, 0.4) is 0 Å². The fourth-order valence-corrected chi connectivity index (χ4v) is 3.36. The van der Waals surface area contributed by atoms with Gasteiger partial charge in [-0.3, -0.25) is 4.90 Å². The van der Waals surface area contributed by atoms with Gasteiger partial charge in [-0.2, -0.15) is 0 Å². The summed E-state index contributed by atoms with van der Waals surface area (Å²) in [5, 5.41) is 1.09. The lowest BCUT2D eigenvalue weighted by Gasteiger charge is -2.39. The number of halogens is 1. The van der Waals surface area contributed by atoms with Crippen molar-refractivity contribution in [2.75, 3.05) is 6.54 Å².